The summed E-state index contributed by atoms with van der Waals surface area (Å²) in [7, 11) is 0. The van der Waals surface area contributed by atoms with Crippen molar-refractivity contribution in [3.05, 3.63) is 72.4 Å². The van der Waals surface area contributed by atoms with E-state index in [0.717, 1.165) is 17.0 Å². The minimum Gasteiger partial charge on any atom is -0.406 e. The summed E-state index contributed by atoms with van der Waals surface area (Å²) in [6.45, 7) is -0.286. The Labute approximate surface area is 179 Å². The van der Waals surface area contributed by atoms with E-state index >= 15 is 0 Å². The minimum absolute atomic E-state index is 0.270. The van der Waals surface area contributed by atoms with Gasteiger partial charge in [-0.25, -0.2) is 4.98 Å². The summed E-state index contributed by atoms with van der Waals surface area (Å²) in [4.78, 5) is 32.2. The molecule has 1 N–H and O–H groups in total. The predicted octanol–water partition coefficient (Wildman–Crippen LogP) is 4.73. The van der Waals surface area contributed by atoms with Crippen molar-refractivity contribution in [3.8, 4) is 5.75 Å². The second kappa shape index (κ2) is 8.31. The Morgan fingerprint density at radius 3 is 2.55 bits per heavy atom. The highest BCUT2D eigenvalue weighted by atomic mass is 32.2. The number of pyridine rings is 1. The van der Waals surface area contributed by atoms with Crippen LogP contribution in [0.3, 0.4) is 0 Å². The molecule has 0 fully saturated rings. The Balaban J connectivity index is 1.54. The third-order valence-electron chi connectivity index (χ3n) is 4.28. The van der Waals surface area contributed by atoms with E-state index < -0.39 is 18.0 Å². The summed E-state index contributed by atoms with van der Waals surface area (Å²) in [6, 6.07) is 15.2. The van der Waals surface area contributed by atoms with Crippen LogP contribution in [0.5, 0.6) is 5.75 Å². The van der Waals surface area contributed by atoms with Gasteiger partial charge in [0, 0.05) is 16.8 Å². The van der Waals surface area contributed by atoms with Crippen LogP contribution < -0.4 is 15.0 Å². The van der Waals surface area contributed by atoms with Crippen molar-refractivity contribution in [3.63, 3.8) is 0 Å². The number of benzene rings is 2. The first-order valence-electron chi connectivity index (χ1n) is 8.99. The number of amides is 2. The van der Waals surface area contributed by atoms with Crippen LogP contribution >= 0.6 is 11.8 Å². The number of para-hydroxylation sites is 1. The van der Waals surface area contributed by atoms with Crippen molar-refractivity contribution in [2.45, 2.75) is 16.3 Å². The van der Waals surface area contributed by atoms with Crippen molar-refractivity contribution in [2.24, 2.45) is 0 Å². The lowest BCUT2D eigenvalue weighted by Crippen LogP contribution is -2.38. The second-order valence-corrected chi connectivity index (χ2v) is 7.47. The van der Waals surface area contributed by atoms with Crippen molar-refractivity contribution < 1.29 is 27.5 Å². The van der Waals surface area contributed by atoms with Gasteiger partial charge in [-0.2, -0.15) is 0 Å². The summed E-state index contributed by atoms with van der Waals surface area (Å²) < 4.78 is 40.6. The minimum atomic E-state index is -4.80. The third-order valence-corrected chi connectivity index (χ3v) is 5.37. The number of rotatable bonds is 4. The van der Waals surface area contributed by atoms with Crippen molar-refractivity contribution in [2.75, 3.05) is 16.8 Å². The molecular formula is C21H14F3N3O3S. The lowest BCUT2D eigenvalue weighted by molar-refractivity contribution is -0.274. The molecule has 10 heteroatoms. The summed E-state index contributed by atoms with van der Waals surface area (Å²) in [5.41, 5.74) is 1.22. The number of aromatic nitrogens is 1. The summed E-state index contributed by atoms with van der Waals surface area (Å²) in [5, 5.41) is 3.13. The molecule has 31 heavy (non-hydrogen) atoms. The van der Waals surface area contributed by atoms with E-state index in [9.17, 15) is 22.8 Å². The molecule has 6 nitrogen and oxygen atoms in total. The van der Waals surface area contributed by atoms with Crippen LogP contribution in [0, 0.1) is 0 Å². The molecule has 3 aromatic rings. The third kappa shape index (κ3) is 4.80. The molecule has 4 rings (SSSR count). The average Bonchev–Trinajstić information content (AvgIpc) is 2.84. The number of hydrogen-bond donors (Lipinski definition) is 1. The van der Waals surface area contributed by atoms with E-state index in [1.165, 1.54) is 28.8 Å². The van der Waals surface area contributed by atoms with Crippen molar-refractivity contribution in [1.29, 1.82) is 0 Å². The zero-order chi connectivity index (χ0) is 22.0. The van der Waals surface area contributed by atoms with Crippen LogP contribution in [-0.2, 0) is 4.79 Å². The fraction of sp³-hybridized carbons (Fsp3) is 0.0952. The largest absolute Gasteiger partial charge is 0.573 e. The van der Waals surface area contributed by atoms with Gasteiger partial charge in [0.15, 0.2) is 0 Å². The second-order valence-electron chi connectivity index (χ2n) is 6.44. The molecule has 1 aromatic heterocycles. The first kappa shape index (κ1) is 20.7. The van der Waals surface area contributed by atoms with Crippen molar-refractivity contribution in [1.82, 2.24) is 4.98 Å². The molecule has 0 spiro atoms. The van der Waals surface area contributed by atoms with Gasteiger partial charge in [-0.1, -0.05) is 23.9 Å². The SMILES string of the molecule is O=C(CN1C(=O)c2cccnc2Sc2ccccc21)Nc1ccc(OC(F)(F)F)cc1. The number of halogens is 3. The van der Waals surface area contributed by atoms with Gasteiger partial charge in [0.1, 0.15) is 17.3 Å². The quantitative estimate of drug-likeness (QED) is 0.629. The molecule has 2 heterocycles. The number of carbonyl (C=O) groups is 2. The van der Waals surface area contributed by atoms with Crippen LogP contribution in [0.4, 0.5) is 24.5 Å². The van der Waals surface area contributed by atoms with Crippen LogP contribution in [0.2, 0.25) is 0 Å². The van der Waals surface area contributed by atoms with E-state index in [4.69, 9.17) is 0 Å². The Morgan fingerprint density at radius 2 is 1.81 bits per heavy atom. The average molecular weight is 445 g/mol. The van der Waals surface area contributed by atoms with Gasteiger partial charge in [-0.15, -0.1) is 13.2 Å². The zero-order valence-electron chi connectivity index (χ0n) is 15.7. The smallest absolute Gasteiger partial charge is 0.406 e. The number of hydrogen-bond acceptors (Lipinski definition) is 5. The van der Waals surface area contributed by atoms with E-state index in [-0.39, 0.29) is 18.1 Å². The number of anilines is 2. The van der Waals surface area contributed by atoms with Gasteiger partial charge in [-0.05, 0) is 48.5 Å². The molecule has 0 saturated heterocycles. The maximum atomic E-state index is 13.1. The van der Waals surface area contributed by atoms with Crippen molar-refractivity contribution >= 4 is 35.0 Å². The summed E-state index contributed by atoms with van der Waals surface area (Å²) in [6.07, 6.45) is -3.20. The Bertz CT molecular complexity index is 1140. The summed E-state index contributed by atoms with van der Waals surface area (Å²) in [5.74, 6) is -1.28. The highest BCUT2D eigenvalue weighted by Crippen LogP contribution is 2.40. The number of nitrogens with zero attached hydrogens (tertiary/aromatic N) is 2. The molecule has 0 aliphatic carbocycles. The van der Waals surface area contributed by atoms with Gasteiger partial charge in [0.2, 0.25) is 5.91 Å². The fourth-order valence-electron chi connectivity index (χ4n) is 3.00. The van der Waals surface area contributed by atoms with E-state index in [1.54, 1.807) is 30.5 Å². The normalized spacial score (nSPS) is 13.1. The Morgan fingerprint density at radius 1 is 1.06 bits per heavy atom. The van der Waals surface area contributed by atoms with Gasteiger partial charge in [-0.3, -0.25) is 14.5 Å². The first-order valence-corrected chi connectivity index (χ1v) is 9.81. The topological polar surface area (TPSA) is 71.5 Å². The molecule has 0 atom stereocenters. The Kier molecular flexibility index (Phi) is 5.55. The highest BCUT2D eigenvalue weighted by molar-refractivity contribution is 7.99. The maximum absolute atomic E-state index is 13.1. The Hall–Kier alpha value is -3.53. The lowest BCUT2D eigenvalue weighted by Gasteiger charge is -2.22. The molecule has 0 bridgehead atoms. The zero-order valence-corrected chi connectivity index (χ0v) is 16.5. The number of carbonyl (C=O) groups excluding carboxylic acids is 2. The maximum Gasteiger partial charge on any atom is 0.573 e. The van der Waals surface area contributed by atoms with Crippen LogP contribution in [0.25, 0.3) is 0 Å². The number of fused-ring (bicyclic) bond motifs is 2. The molecule has 1 aliphatic rings. The van der Waals surface area contributed by atoms with E-state index in [2.05, 4.69) is 15.0 Å². The van der Waals surface area contributed by atoms with Crippen LogP contribution in [0.1, 0.15) is 10.4 Å². The van der Waals surface area contributed by atoms with Crippen LogP contribution in [0.15, 0.2) is 76.8 Å². The van der Waals surface area contributed by atoms with Gasteiger partial charge in [0.25, 0.3) is 5.91 Å². The van der Waals surface area contributed by atoms with E-state index in [0.29, 0.717) is 16.3 Å². The standard InChI is InChI=1S/C21H14F3N3O3S/c22-21(23,24)30-14-9-7-13(8-10-14)26-18(28)12-27-16-5-1-2-6-17(16)31-19-15(20(27)29)4-3-11-25-19/h1-11H,12H2,(H,26,28). The molecule has 0 unspecified atom stereocenters. The monoisotopic (exact) mass is 445 g/mol. The highest BCUT2D eigenvalue weighted by Gasteiger charge is 2.31. The number of nitrogens with one attached hydrogen (secondary N) is 1. The molecule has 0 saturated carbocycles. The van der Waals surface area contributed by atoms with E-state index in [1.807, 2.05) is 12.1 Å². The molecule has 158 valence electrons. The van der Waals surface area contributed by atoms with Gasteiger partial charge >= 0.3 is 6.36 Å². The number of ether oxygens (including phenoxy) is 1. The fourth-order valence-corrected chi connectivity index (χ4v) is 4.02. The molecule has 0 radical (unpaired) electrons. The number of alkyl halides is 3. The molecular weight excluding hydrogens is 431 g/mol. The summed E-state index contributed by atoms with van der Waals surface area (Å²) >= 11 is 1.34. The molecule has 2 aromatic carbocycles. The lowest BCUT2D eigenvalue weighted by atomic mass is 10.2. The molecule has 2 amide bonds. The van der Waals surface area contributed by atoms with Gasteiger partial charge in [0.05, 0.1) is 11.3 Å². The van der Waals surface area contributed by atoms with Gasteiger partial charge < -0.3 is 10.1 Å². The van der Waals surface area contributed by atoms with Crippen LogP contribution in [-0.4, -0.2) is 29.7 Å². The predicted molar refractivity (Wildman–Crippen MR) is 108 cm³/mol. The first-order chi connectivity index (χ1) is 14.8. The molecule has 1 aliphatic heterocycles.